The van der Waals surface area contributed by atoms with E-state index in [2.05, 4.69) is 10.1 Å². The maximum absolute atomic E-state index is 8.71. The van der Waals surface area contributed by atoms with Gasteiger partial charge < -0.3 is 15.7 Å². The highest BCUT2D eigenvalue weighted by Gasteiger charge is 2.13. The van der Waals surface area contributed by atoms with Gasteiger partial charge in [0.2, 0.25) is 5.88 Å². The van der Waals surface area contributed by atoms with Crippen molar-refractivity contribution in [2.75, 3.05) is 0 Å². The molecule has 0 atom stereocenters. The summed E-state index contributed by atoms with van der Waals surface area (Å²) in [7, 11) is 0. The zero-order valence-corrected chi connectivity index (χ0v) is 11.8. The number of rotatable bonds is 3. The number of hydrogen-bond acceptors (Lipinski definition) is 4. The monoisotopic (exact) mass is 291 g/mol. The summed E-state index contributed by atoms with van der Waals surface area (Å²) in [4.78, 5) is 4.06. The fraction of sp³-hybridized carbons (Fsp3) is 0.143. The lowest BCUT2D eigenvalue weighted by molar-refractivity contribution is 0.318. The molecule has 0 amide bonds. The third-order valence-electron chi connectivity index (χ3n) is 2.65. The Balaban J connectivity index is 2.39. The fourth-order valence-corrected chi connectivity index (χ4v) is 2.10. The molecule has 0 unspecified atom stereocenters. The number of oxime groups is 1. The van der Waals surface area contributed by atoms with Gasteiger partial charge in [0.05, 0.1) is 0 Å². The third-order valence-corrected chi connectivity index (χ3v) is 3.02. The molecule has 0 saturated heterocycles. The molecule has 104 valence electrons. The number of aryl methyl sites for hydroxylation is 2. The first-order chi connectivity index (χ1) is 9.51. The minimum Gasteiger partial charge on any atom is -0.437 e. The normalized spacial score (nSPS) is 11.4. The van der Waals surface area contributed by atoms with E-state index in [4.69, 9.17) is 27.3 Å². The number of benzene rings is 1. The van der Waals surface area contributed by atoms with Gasteiger partial charge in [-0.05, 0) is 43.2 Å². The van der Waals surface area contributed by atoms with Crippen molar-refractivity contribution >= 4 is 17.4 Å². The third kappa shape index (κ3) is 3.00. The molecule has 5 nitrogen and oxygen atoms in total. The summed E-state index contributed by atoms with van der Waals surface area (Å²) in [6, 6.07) is 7.34. The van der Waals surface area contributed by atoms with E-state index in [0.29, 0.717) is 11.3 Å². The van der Waals surface area contributed by atoms with Crippen LogP contribution in [0.3, 0.4) is 0 Å². The van der Waals surface area contributed by atoms with Crippen molar-refractivity contribution in [3.8, 4) is 11.6 Å². The average Bonchev–Trinajstić information content (AvgIpc) is 2.39. The largest absolute Gasteiger partial charge is 0.437 e. The lowest BCUT2D eigenvalue weighted by Gasteiger charge is -2.10. The molecule has 6 heteroatoms. The summed E-state index contributed by atoms with van der Waals surface area (Å²) >= 11 is 6.15. The SMILES string of the molecule is Cc1cc(C)cc(Oc2nccc(/C(N)=N/O)c2Cl)c1. The van der Waals surface area contributed by atoms with Crippen molar-refractivity contribution in [1.82, 2.24) is 4.98 Å². The Morgan fingerprint density at radius 1 is 1.30 bits per heavy atom. The van der Waals surface area contributed by atoms with E-state index in [1.807, 2.05) is 32.0 Å². The molecule has 3 N–H and O–H groups in total. The molecule has 0 fully saturated rings. The van der Waals surface area contributed by atoms with Crippen LogP contribution in [0.25, 0.3) is 0 Å². The van der Waals surface area contributed by atoms with Crippen LogP contribution in [0, 0.1) is 13.8 Å². The van der Waals surface area contributed by atoms with Gasteiger partial charge in [-0.3, -0.25) is 0 Å². The molecule has 0 saturated carbocycles. The van der Waals surface area contributed by atoms with Crippen molar-refractivity contribution in [2.45, 2.75) is 13.8 Å². The van der Waals surface area contributed by atoms with Gasteiger partial charge >= 0.3 is 0 Å². The van der Waals surface area contributed by atoms with Crippen molar-refractivity contribution in [3.05, 3.63) is 52.2 Å². The van der Waals surface area contributed by atoms with Crippen molar-refractivity contribution in [1.29, 1.82) is 0 Å². The Morgan fingerprint density at radius 3 is 2.55 bits per heavy atom. The van der Waals surface area contributed by atoms with Crippen LogP contribution in [-0.2, 0) is 0 Å². The van der Waals surface area contributed by atoms with E-state index >= 15 is 0 Å². The second-order valence-corrected chi connectivity index (χ2v) is 4.77. The summed E-state index contributed by atoms with van der Waals surface area (Å²) in [5.74, 6) is 0.747. The highest BCUT2D eigenvalue weighted by Crippen LogP contribution is 2.30. The number of pyridine rings is 1. The minimum absolute atomic E-state index is 0.0947. The molecule has 0 spiro atoms. The highest BCUT2D eigenvalue weighted by molar-refractivity contribution is 6.35. The molecule has 2 aromatic rings. The summed E-state index contributed by atoms with van der Waals surface area (Å²) in [6.07, 6.45) is 1.48. The van der Waals surface area contributed by atoms with E-state index in [9.17, 15) is 0 Å². The smallest absolute Gasteiger partial charge is 0.238 e. The standard InChI is InChI=1S/C14H14ClN3O2/c1-8-5-9(2)7-10(6-8)20-14-12(15)11(3-4-17-14)13(16)18-19/h3-7,19H,1-2H3,(H2,16,18). The Hall–Kier alpha value is -2.27. The van der Waals surface area contributed by atoms with Crippen molar-refractivity contribution in [2.24, 2.45) is 10.9 Å². The summed E-state index contributed by atoms with van der Waals surface area (Å²) in [5.41, 5.74) is 8.05. The molecule has 0 aliphatic heterocycles. The molecule has 0 bridgehead atoms. The highest BCUT2D eigenvalue weighted by atomic mass is 35.5. The Kier molecular flexibility index (Phi) is 4.10. The maximum Gasteiger partial charge on any atom is 0.238 e. The van der Waals surface area contributed by atoms with Gasteiger partial charge in [-0.15, -0.1) is 0 Å². The minimum atomic E-state index is -0.0947. The van der Waals surface area contributed by atoms with Crippen LogP contribution in [0.4, 0.5) is 0 Å². The number of nitrogens with zero attached hydrogens (tertiary/aromatic N) is 2. The Labute approximate surface area is 121 Å². The Bertz CT molecular complexity index is 651. The van der Waals surface area contributed by atoms with Crippen LogP contribution >= 0.6 is 11.6 Å². The fourth-order valence-electron chi connectivity index (χ4n) is 1.85. The first-order valence-corrected chi connectivity index (χ1v) is 6.27. The average molecular weight is 292 g/mol. The van der Waals surface area contributed by atoms with Gasteiger partial charge in [-0.25, -0.2) is 4.98 Å². The maximum atomic E-state index is 8.71. The quantitative estimate of drug-likeness (QED) is 0.394. The lowest BCUT2D eigenvalue weighted by Crippen LogP contribution is -2.14. The van der Waals surface area contributed by atoms with Gasteiger partial charge in [-0.2, -0.15) is 0 Å². The van der Waals surface area contributed by atoms with Crippen LogP contribution in [0.2, 0.25) is 5.02 Å². The van der Waals surface area contributed by atoms with Gasteiger partial charge in [0, 0.05) is 11.8 Å². The second kappa shape index (κ2) is 5.79. The van der Waals surface area contributed by atoms with E-state index in [1.165, 1.54) is 6.20 Å². The number of ether oxygens (including phenoxy) is 1. The van der Waals surface area contributed by atoms with Crippen molar-refractivity contribution in [3.63, 3.8) is 0 Å². The second-order valence-electron chi connectivity index (χ2n) is 4.39. The van der Waals surface area contributed by atoms with Gasteiger partial charge in [-0.1, -0.05) is 22.8 Å². The molecule has 20 heavy (non-hydrogen) atoms. The topological polar surface area (TPSA) is 80.7 Å². The molecular weight excluding hydrogens is 278 g/mol. The van der Waals surface area contributed by atoms with Crippen LogP contribution in [0.5, 0.6) is 11.6 Å². The number of amidine groups is 1. The molecular formula is C14H14ClN3O2. The number of nitrogens with two attached hydrogens (primary N) is 1. The number of halogens is 1. The van der Waals surface area contributed by atoms with E-state index in [0.717, 1.165) is 11.1 Å². The molecule has 2 rings (SSSR count). The molecule has 1 aromatic carbocycles. The molecule has 1 heterocycles. The van der Waals surface area contributed by atoms with E-state index < -0.39 is 0 Å². The van der Waals surface area contributed by atoms with Gasteiger partial charge in [0.1, 0.15) is 10.8 Å². The first kappa shape index (κ1) is 14.1. The van der Waals surface area contributed by atoms with Gasteiger partial charge in [0.15, 0.2) is 5.84 Å². The summed E-state index contributed by atoms with van der Waals surface area (Å²) in [5, 5.41) is 11.8. The molecule has 0 aliphatic rings. The van der Waals surface area contributed by atoms with Gasteiger partial charge in [0.25, 0.3) is 0 Å². The zero-order valence-electron chi connectivity index (χ0n) is 11.1. The first-order valence-electron chi connectivity index (χ1n) is 5.90. The van der Waals surface area contributed by atoms with Crippen LogP contribution < -0.4 is 10.5 Å². The zero-order chi connectivity index (χ0) is 14.7. The number of hydrogen-bond donors (Lipinski definition) is 2. The van der Waals surface area contributed by atoms with E-state index in [1.54, 1.807) is 6.07 Å². The Morgan fingerprint density at radius 2 is 1.95 bits per heavy atom. The molecule has 0 radical (unpaired) electrons. The summed E-state index contributed by atoms with van der Waals surface area (Å²) < 4.78 is 5.67. The number of aromatic nitrogens is 1. The van der Waals surface area contributed by atoms with Crippen LogP contribution in [0.1, 0.15) is 16.7 Å². The van der Waals surface area contributed by atoms with Crippen LogP contribution in [-0.4, -0.2) is 16.0 Å². The predicted octanol–water partition coefficient (Wildman–Crippen LogP) is 3.24. The predicted molar refractivity (Wildman–Crippen MR) is 77.7 cm³/mol. The molecule has 0 aliphatic carbocycles. The van der Waals surface area contributed by atoms with E-state index in [-0.39, 0.29) is 16.7 Å². The van der Waals surface area contributed by atoms with Crippen molar-refractivity contribution < 1.29 is 9.94 Å². The summed E-state index contributed by atoms with van der Waals surface area (Å²) in [6.45, 7) is 3.95. The lowest BCUT2D eigenvalue weighted by atomic mass is 10.1. The molecule has 1 aromatic heterocycles. The van der Waals surface area contributed by atoms with Crippen LogP contribution in [0.15, 0.2) is 35.6 Å².